The van der Waals surface area contributed by atoms with Crippen LogP contribution in [0.1, 0.15) is 35.3 Å². The quantitative estimate of drug-likeness (QED) is 0.374. The Balaban J connectivity index is 1.87. The fourth-order valence-corrected chi connectivity index (χ4v) is 4.21. The summed E-state index contributed by atoms with van der Waals surface area (Å²) in [4.78, 5) is 12.6. The number of ether oxygens (including phenoxy) is 3. The summed E-state index contributed by atoms with van der Waals surface area (Å²) in [5.74, 6) is -0.577. The molecule has 1 aliphatic rings. The lowest BCUT2D eigenvalue weighted by atomic mass is 10.1. The lowest BCUT2D eigenvalue weighted by Crippen LogP contribution is -2.22. The molecule has 1 fully saturated rings. The standard InChI is InChI=1S/C23H21Cl3N2O4/c1-30-23(29)21-17(13-32-20-4-2-3-11-31-20)22(14-5-7-15(24)8-6-14)28(27-21)19-10-9-16(25)12-18(19)26/h5-10,12,20H,2-4,11,13H2,1H3. The molecule has 0 amide bonds. The largest absolute Gasteiger partial charge is 0.464 e. The zero-order valence-electron chi connectivity index (χ0n) is 17.3. The van der Waals surface area contributed by atoms with Gasteiger partial charge in [0.2, 0.25) is 0 Å². The molecule has 6 nitrogen and oxygen atoms in total. The van der Waals surface area contributed by atoms with Gasteiger partial charge in [0.15, 0.2) is 12.0 Å². The summed E-state index contributed by atoms with van der Waals surface area (Å²) in [6, 6.07) is 12.3. The number of benzene rings is 2. The van der Waals surface area contributed by atoms with E-state index in [0.717, 1.165) is 24.8 Å². The highest BCUT2D eigenvalue weighted by Crippen LogP contribution is 2.34. The average molecular weight is 496 g/mol. The molecule has 32 heavy (non-hydrogen) atoms. The number of carbonyl (C=O) groups excluding carboxylic acids is 1. The van der Waals surface area contributed by atoms with E-state index in [-0.39, 0.29) is 18.6 Å². The van der Waals surface area contributed by atoms with Crippen LogP contribution in [0.5, 0.6) is 0 Å². The number of methoxy groups -OCH3 is 1. The molecular formula is C23H21Cl3N2O4. The number of aromatic nitrogens is 2. The summed E-state index contributed by atoms with van der Waals surface area (Å²) in [6.45, 7) is 0.760. The predicted octanol–water partition coefficient (Wildman–Crippen LogP) is 6.33. The van der Waals surface area contributed by atoms with Gasteiger partial charge in [-0.05, 0) is 49.6 Å². The Kier molecular flexibility index (Phi) is 7.38. The minimum Gasteiger partial charge on any atom is -0.464 e. The van der Waals surface area contributed by atoms with Crippen LogP contribution in [0, 0.1) is 0 Å². The molecule has 3 aromatic rings. The molecule has 1 aliphatic heterocycles. The van der Waals surface area contributed by atoms with Gasteiger partial charge in [-0.2, -0.15) is 5.10 Å². The van der Waals surface area contributed by atoms with Crippen LogP contribution in [0.4, 0.5) is 0 Å². The van der Waals surface area contributed by atoms with E-state index in [1.807, 2.05) is 12.1 Å². The second-order valence-corrected chi connectivity index (χ2v) is 8.57. The van der Waals surface area contributed by atoms with Crippen LogP contribution >= 0.6 is 34.8 Å². The molecule has 4 rings (SSSR count). The summed E-state index contributed by atoms with van der Waals surface area (Å²) in [7, 11) is 1.31. The van der Waals surface area contributed by atoms with Gasteiger partial charge in [0.05, 0.1) is 30.1 Å². The molecule has 9 heteroatoms. The Bertz CT molecular complexity index is 1110. The van der Waals surface area contributed by atoms with E-state index in [1.165, 1.54) is 7.11 Å². The van der Waals surface area contributed by atoms with Crippen LogP contribution in [0.25, 0.3) is 16.9 Å². The molecule has 168 valence electrons. The highest BCUT2D eigenvalue weighted by Gasteiger charge is 2.27. The summed E-state index contributed by atoms with van der Waals surface area (Å²) < 4.78 is 18.3. The summed E-state index contributed by atoms with van der Waals surface area (Å²) in [6.07, 6.45) is 2.49. The van der Waals surface area contributed by atoms with Gasteiger partial charge in [-0.3, -0.25) is 0 Å². The van der Waals surface area contributed by atoms with Gasteiger partial charge in [0.25, 0.3) is 0 Å². The molecule has 1 atom stereocenters. The summed E-state index contributed by atoms with van der Waals surface area (Å²) in [5, 5.41) is 6.03. The van der Waals surface area contributed by atoms with E-state index in [1.54, 1.807) is 35.0 Å². The number of halogens is 3. The van der Waals surface area contributed by atoms with Crippen molar-refractivity contribution in [3.05, 3.63) is 68.8 Å². The van der Waals surface area contributed by atoms with Crippen molar-refractivity contribution in [3.63, 3.8) is 0 Å². The topological polar surface area (TPSA) is 62.6 Å². The SMILES string of the molecule is COC(=O)c1nn(-c2ccc(Cl)cc2Cl)c(-c2ccc(Cl)cc2)c1COC1CCCCO1. The van der Waals surface area contributed by atoms with Gasteiger partial charge in [-0.15, -0.1) is 0 Å². The monoisotopic (exact) mass is 494 g/mol. The summed E-state index contributed by atoms with van der Waals surface area (Å²) >= 11 is 18.7. The van der Waals surface area contributed by atoms with Crippen molar-refractivity contribution in [2.45, 2.75) is 32.2 Å². The molecule has 0 aliphatic carbocycles. The highest BCUT2D eigenvalue weighted by atomic mass is 35.5. The summed E-state index contributed by atoms with van der Waals surface area (Å²) in [5.41, 5.74) is 2.69. The van der Waals surface area contributed by atoms with Crippen LogP contribution in [-0.2, 0) is 20.8 Å². The van der Waals surface area contributed by atoms with Crippen LogP contribution in [0.15, 0.2) is 42.5 Å². The highest BCUT2D eigenvalue weighted by molar-refractivity contribution is 6.35. The minimum atomic E-state index is -0.577. The third-order valence-corrected chi connectivity index (χ3v) is 5.96. The van der Waals surface area contributed by atoms with Gasteiger partial charge < -0.3 is 14.2 Å². The lowest BCUT2D eigenvalue weighted by molar-refractivity contribution is -0.168. The van der Waals surface area contributed by atoms with Crippen molar-refractivity contribution in [3.8, 4) is 16.9 Å². The van der Waals surface area contributed by atoms with Crippen molar-refractivity contribution in [1.29, 1.82) is 0 Å². The van der Waals surface area contributed by atoms with Crippen molar-refractivity contribution >= 4 is 40.8 Å². The smallest absolute Gasteiger partial charge is 0.358 e. The number of nitrogens with zero attached hydrogens (tertiary/aromatic N) is 2. The first-order valence-corrected chi connectivity index (χ1v) is 11.3. The Morgan fingerprint density at radius 2 is 1.88 bits per heavy atom. The van der Waals surface area contributed by atoms with Gasteiger partial charge in [-0.25, -0.2) is 9.48 Å². The molecular weight excluding hydrogens is 475 g/mol. The van der Waals surface area contributed by atoms with E-state index in [0.29, 0.717) is 38.6 Å². The van der Waals surface area contributed by atoms with E-state index in [2.05, 4.69) is 5.10 Å². The number of hydrogen-bond donors (Lipinski definition) is 0. The van der Waals surface area contributed by atoms with E-state index < -0.39 is 5.97 Å². The second-order valence-electron chi connectivity index (χ2n) is 7.29. The number of carbonyl (C=O) groups is 1. The first kappa shape index (κ1) is 23.1. The molecule has 0 radical (unpaired) electrons. The first-order chi connectivity index (χ1) is 15.5. The van der Waals surface area contributed by atoms with Crippen molar-refractivity contribution in [1.82, 2.24) is 9.78 Å². The third-order valence-electron chi connectivity index (χ3n) is 5.17. The van der Waals surface area contributed by atoms with Crippen LogP contribution in [0.2, 0.25) is 15.1 Å². The maximum Gasteiger partial charge on any atom is 0.358 e. The van der Waals surface area contributed by atoms with E-state index >= 15 is 0 Å². The number of hydrogen-bond acceptors (Lipinski definition) is 5. The van der Waals surface area contributed by atoms with Crippen molar-refractivity contribution in [2.75, 3.05) is 13.7 Å². The second kappa shape index (κ2) is 10.2. The minimum absolute atomic E-state index is 0.109. The number of rotatable bonds is 6. The van der Waals surface area contributed by atoms with Crippen molar-refractivity contribution < 1.29 is 19.0 Å². The Hall–Kier alpha value is -2.09. The molecule has 2 heterocycles. The zero-order valence-corrected chi connectivity index (χ0v) is 19.6. The molecule has 1 saturated heterocycles. The molecule has 2 aromatic carbocycles. The van der Waals surface area contributed by atoms with Gasteiger partial charge in [-0.1, -0.05) is 46.9 Å². The van der Waals surface area contributed by atoms with Gasteiger partial charge >= 0.3 is 5.97 Å². The van der Waals surface area contributed by atoms with Gasteiger partial charge in [0.1, 0.15) is 0 Å². The molecule has 0 N–H and O–H groups in total. The van der Waals surface area contributed by atoms with E-state index in [4.69, 9.17) is 49.0 Å². The van der Waals surface area contributed by atoms with Crippen LogP contribution < -0.4 is 0 Å². The van der Waals surface area contributed by atoms with Crippen LogP contribution in [-0.4, -0.2) is 35.8 Å². The Morgan fingerprint density at radius 1 is 1.12 bits per heavy atom. The molecule has 0 saturated carbocycles. The zero-order chi connectivity index (χ0) is 22.7. The third kappa shape index (κ3) is 4.95. The Labute approximate surface area is 200 Å². The molecule has 0 bridgehead atoms. The maximum absolute atomic E-state index is 12.6. The maximum atomic E-state index is 12.6. The molecule has 1 unspecified atom stereocenters. The van der Waals surface area contributed by atoms with Gasteiger partial charge in [0, 0.05) is 27.8 Å². The average Bonchev–Trinajstić information content (AvgIpc) is 3.17. The van der Waals surface area contributed by atoms with Crippen molar-refractivity contribution in [2.24, 2.45) is 0 Å². The number of esters is 1. The predicted molar refractivity (Wildman–Crippen MR) is 124 cm³/mol. The fraction of sp³-hybridized carbons (Fsp3) is 0.304. The normalized spacial score (nSPS) is 16.2. The first-order valence-electron chi connectivity index (χ1n) is 10.1. The van der Waals surface area contributed by atoms with Crippen LogP contribution in [0.3, 0.4) is 0 Å². The molecule has 1 aromatic heterocycles. The fourth-order valence-electron chi connectivity index (χ4n) is 3.60. The van der Waals surface area contributed by atoms with E-state index in [9.17, 15) is 4.79 Å². The lowest BCUT2D eigenvalue weighted by Gasteiger charge is -2.23. The molecule has 0 spiro atoms. The Morgan fingerprint density at radius 3 is 2.53 bits per heavy atom.